The molecule has 1 aromatic rings. The molecule has 0 bridgehead atoms. The molecule has 0 aromatic heterocycles. The molecule has 5 rings (SSSR count). The standard InChI is InChI=1S/C29H40F3N3O5/c1-39-18-21-16-35(27(36)20-6-11-34(15-20)23-7-12-40-13-8-23)17-25(21)24-3-2-22(29(30,31)32)14-26(24)33-9-4-19(5-10-33)28(37)38/h2-3,14,19-21,23,25H,4-13,15-18H2,1H3,(H,37,38)/t20-,21+,25?/m0/s1. The molecule has 11 heteroatoms. The van der Waals surface area contributed by atoms with Gasteiger partial charge in [0.1, 0.15) is 0 Å². The maximum absolute atomic E-state index is 13.7. The van der Waals surface area contributed by atoms with Gasteiger partial charge in [-0.15, -0.1) is 0 Å². The molecule has 222 valence electrons. The SMILES string of the molecule is COC[C@H]1CN(C(=O)[C@H]2CCN(C3CCOCC3)C2)CC1c1ccc(C(F)(F)F)cc1N1CCC(C(=O)O)CC1. The van der Waals surface area contributed by atoms with E-state index >= 15 is 0 Å². The third-order valence-corrected chi connectivity index (χ3v) is 9.35. The van der Waals surface area contributed by atoms with E-state index in [1.807, 2.05) is 9.80 Å². The first-order chi connectivity index (χ1) is 19.2. The lowest BCUT2D eigenvalue weighted by Gasteiger charge is -2.35. The monoisotopic (exact) mass is 567 g/mol. The lowest BCUT2D eigenvalue weighted by molar-refractivity contribution is -0.142. The molecule has 1 aromatic carbocycles. The van der Waals surface area contributed by atoms with Gasteiger partial charge in [-0.3, -0.25) is 14.5 Å². The van der Waals surface area contributed by atoms with Gasteiger partial charge in [-0.1, -0.05) is 6.07 Å². The van der Waals surface area contributed by atoms with Crippen molar-refractivity contribution in [2.45, 2.75) is 50.2 Å². The zero-order valence-electron chi connectivity index (χ0n) is 23.1. The van der Waals surface area contributed by atoms with E-state index < -0.39 is 23.6 Å². The molecule has 4 aliphatic rings. The van der Waals surface area contributed by atoms with E-state index in [2.05, 4.69) is 4.90 Å². The quantitative estimate of drug-likeness (QED) is 0.538. The van der Waals surface area contributed by atoms with Crippen LogP contribution in [0.4, 0.5) is 18.9 Å². The van der Waals surface area contributed by atoms with Crippen molar-refractivity contribution in [1.82, 2.24) is 9.80 Å². The highest BCUT2D eigenvalue weighted by molar-refractivity contribution is 5.80. The number of likely N-dealkylation sites (tertiary alicyclic amines) is 2. The van der Waals surface area contributed by atoms with Crippen molar-refractivity contribution >= 4 is 17.6 Å². The van der Waals surface area contributed by atoms with Gasteiger partial charge in [0.15, 0.2) is 0 Å². The fourth-order valence-corrected chi connectivity index (χ4v) is 7.09. The van der Waals surface area contributed by atoms with Crippen LogP contribution in [-0.2, 0) is 25.2 Å². The molecular weight excluding hydrogens is 527 g/mol. The van der Waals surface area contributed by atoms with Crippen molar-refractivity contribution in [3.63, 3.8) is 0 Å². The molecule has 4 saturated heterocycles. The predicted molar refractivity (Wildman–Crippen MR) is 142 cm³/mol. The normalized spacial score (nSPS) is 27.4. The third-order valence-electron chi connectivity index (χ3n) is 9.35. The van der Waals surface area contributed by atoms with E-state index in [1.165, 1.54) is 6.07 Å². The molecule has 4 aliphatic heterocycles. The summed E-state index contributed by atoms with van der Waals surface area (Å²) in [6.07, 6.45) is -0.933. The molecule has 4 heterocycles. The number of rotatable bonds is 7. The van der Waals surface area contributed by atoms with Gasteiger partial charge >= 0.3 is 12.1 Å². The number of benzene rings is 1. The second kappa shape index (κ2) is 12.2. The number of hydrogen-bond donors (Lipinski definition) is 1. The summed E-state index contributed by atoms with van der Waals surface area (Å²) in [6.45, 7) is 5.25. The van der Waals surface area contributed by atoms with Gasteiger partial charge in [0, 0.05) is 76.6 Å². The number of methoxy groups -OCH3 is 1. The highest BCUT2D eigenvalue weighted by Gasteiger charge is 2.43. The van der Waals surface area contributed by atoms with Crippen LogP contribution in [0.3, 0.4) is 0 Å². The number of aliphatic carboxylic acids is 1. The maximum Gasteiger partial charge on any atom is 0.416 e. The first kappa shape index (κ1) is 29.1. The van der Waals surface area contributed by atoms with Crippen LogP contribution >= 0.6 is 0 Å². The zero-order valence-corrected chi connectivity index (χ0v) is 23.1. The van der Waals surface area contributed by atoms with Crippen molar-refractivity contribution < 1.29 is 37.3 Å². The van der Waals surface area contributed by atoms with Crippen LogP contribution < -0.4 is 4.90 Å². The van der Waals surface area contributed by atoms with E-state index in [0.717, 1.165) is 57.2 Å². The van der Waals surface area contributed by atoms with Gasteiger partial charge in [0.2, 0.25) is 5.91 Å². The number of carboxylic acid groups (broad SMARTS) is 1. The molecule has 0 spiro atoms. The Morgan fingerprint density at radius 3 is 2.35 bits per heavy atom. The first-order valence-electron chi connectivity index (χ1n) is 14.4. The number of ether oxygens (including phenoxy) is 2. The summed E-state index contributed by atoms with van der Waals surface area (Å²) in [5, 5.41) is 9.40. The van der Waals surface area contributed by atoms with E-state index in [1.54, 1.807) is 13.2 Å². The van der Waals surface area contributed by atoms with Gasteiger partial charge in [-0.25, -0.2) is 0 Å². The summed E-state index contributed by atoms with van der Waals surface area (Å²) in [6, 6.07) is 4.35. The van der Waals surface area contributed by atoms with E-state index in [-0.39, 0.29) is 23.7 Å². The number of anilines is 1. The molecule has 3 atom stereocenters. The number of carbonyl (C=O) groups excluding carboxylic acids is 1. The molecule has 0 radical (unpaired) electrons. The van der Waals surface area contributed by atoms with Gasteiger partial charge in [-0.2, -0.15) is 13.2 Å². The number of nitrogens with zero attached hydrogens (tertiary/aromatic N) is 3. The maximum atomic E-state index is 13.7. The molecule has 4 fully saturated rings. The van der Waals surface area contributed by atoms with Crippen LogP contribution in [0.5, 0.6) is 0 Å². The van der Waals surface area contributed by atoms with E-state index in [9.17, 15) is 27.9 Å². The van der Waals surface area contributed by atoms with Crippen molar-refractivity contribution in [2.75, 3.05) is 71.1 Å². The van der Waals surface area contributed by atoms with E-state index in [0.29, 0.717) is 57.4 Å². The number of halogens is 3. The molecule has 1 amide bonds. The molecule has 0 saturated carbocycles. The van der Waals surface area contributed by atoms with Crippen LogP contribution in [0, 0.1) is 17.8 Å². The summed E-state index contributed by atoms with van der Waals surface area (Å²) in [4.78, 5) is 31.4. The Labute approximate surface area is 233 Å². The summed E-state index contributed by atoms with van der Waals surface area (Å²) in [7, 11) is 1.61. The fraction of sp³-hybridized carbons (Fsp3) is 0.724. The summed E-state index contributed by atoms with van der Waals surface area (Å²) in [5.41, 5.74) is 0.542. The Morgan fingerprint density at radius 1 is 1.00 bits per heavy atom. The Hall–Kier alpha value is -2.37. The highest BCUT2D eigenvalue weighted by atomic mass is 19.4. The zero-order chi connectivity index (χ0) is 28.4. The minimum atomic E-state index is -4.49. The van der Waals surface area contributed by atoms with Crippen molar-refractivity contribution in [1.29, 1.82) is 0 Å². The number of hydrogen-bond acceptors (Lipinski definition) is 6. The van der Waals surface area contributed by atoms with Crippen molar-refractivity contribution in [2.24, 2.45) is 17.8 Å². The Kier molecular flexibility index (Phi) is 8.92. The topological polar surface area (TPSA) is 82.6 Å². The molecule has 1 unspecified atom stereocenters. The Morgan fingerprint density at radius 2 is 1.70 bits per heavy atom. The first-order valence-corrected chi connectivity index (χ1v) is 14.4. The minimum absolute atomic E-state index is 0.0472. The number of alkyl halides is 3. The van der Waals surface area contributed by atoms with Crippen LogP contribution in [0.15, 0.2) is 18.2 Å². The van der Waals surface area contributed by atoms with Crippen LogP contribution in [-0.4, -0.2) is 99.0 Å². The average Bonchev–Trinajstić information content (AvgIpc) is 3.61. The number of carbonyl (C=O) groups is 2. The van der Waals surface area contributed by atoms with Gasteiger partial charge < -0.3 is 24.4 Å². The van der Waals surface area contributed by atoms with Gasteiger partial charge in [0.25, 0.3) is 0 Å². The lowest BCUT2D eigenvalue weighted by Crippen LogP contribution is -2.40. The molecular formula is C29H40F3N3O5. The van der Waals surface area contributed by atoms with Crippen molar-refractivity contribution in [3.8, 4) is 0 Å². The molecule has 8 nitrogen and oxygen atoms in total. The Bertz CT molecular complexity index is 1060. The van der Waals surface area contributed by atoms with Gasteiger partial charge in [0.05, 0.1) is 24.0 Å². The summed E-state index contributed by atoms with van der Waals surface area (Å²) >= 11 is 0. The predicted octanol–water partition coefficient (Wildman–Crippen LogP) is 3.70. The third kappa shape index (κ3) is 6.26. The van der Waals surface area contributed by atoms with Gasteiger partial charge in [-0.05, 0) is 56.3 Å². The lowest BCUT2D eigenvalue weighted by atomic mass is 9.86. The second-order valence-corrected chi connectivity index (χ2v) is 11.8. The Balaban J connectivity index is 1.35. The second-order valence-electron chi connectivity index (χ2n) is 11.8. The smallest absolute Gasteiger partial charge is 0.416 e. The largest absolute Gasteiger partial charge is 0.481 e. The number of piperidine rings is 1. The molecule has 1 N–H and O–H groups in total. The highest BCUT2D eigenvalue weighted by Crippen LogP contribution is 2.42. The van der Waals surface area contributed by atoms with Crippen molar-refractivity contribution in [3.05, 3.63) is 29.3 Å². The van der Waals surface area contributed by atoms with E-state index in [4.69, 9.17) is 9.47 Å². The molecule has 0 aliphatic carbocycles. The number of amides is 1. The molecule has 40 heavy (non-hydrogen) atoms. The fourth-order valence-electron chi connectivity index (χ4n) is 7.09. The minimum Gasteiger partial charge on any atom is -0.481 e. The van der Waals surface area contributed by atoms with Crippen LogP contribution in [0.1, 0.15) is 49.1 Å². The number of carboxylic acids is 1. The summed E-state index contributed by atoms with van der Waals surface area (Å²) < 4.78 is 52.2. The van der Waals surface area contributed by atoms with Crippen LogP contribution in [0.2, 0.25) is 0 Å². The average molecular weight is 568 g/mol. The van der Waals surface area contributed by atoms with Crippen LogP contribution in [0.25, 0.3) is 0 Å². The summed E-state index contributed by atoms with van der Waals surface area (Å²) in [5.74, 6) is -1.53.